The lowest BCUT2D eigenvalue weighted by atomic mass is 9.89. The molecule has 120 valence electrons. The van der Waals surface area contributed by atoms with Crippen LogP contribution in [0, 0.1) is 11.8 Å². The van der Waals surface area contributed by atoms with Gasteiger partial charge in [0.15, 0.2) is 0 Å². The number of carbonyl (C=O) groups excluding carboxylic acids is 1. The fraction of sp³-hybridized carbons (Fsp3) is 0.667. The number of amides is 1. The van der Waals surface area contributed by atoms with Crippen molar-refractivity contribution in [2.45, 2.75) is 6.42 Å². The number of hydrogen-bond donors (Lipinski definition) is 1. The monoisotopic (exact) mass is 305 g/mol. The topological polar surface area (TPSA) is 70.6 Å². The van der Waals surface area contributed by atoms with Gasteiger partial charge in [-0.2, -0.15) is 0 Å². The number of rotatable bonds is 4. The smallest absolute Gasteiger partial charge is 0.233 e. The van der Waals surface area contributed by atoms with E-state index in [9.17, 15) is 4.79 Å². The van der Waals surface area contributed by atoms with E-state index in [1.807, 2.05) is 6.07 Å². The van der Waals surface area contributed by atoms with E-state index in [0.717, 1.165) is 38.4 Å². The average molecular weight is 305 g/mol. The van der Waals surface area contributed by atoms with Crippen LogP contribution in [-0.4, -0.2) is 67.7 Å². The molecule has 2 aliphatic heterocycles. The van der Waals surface area contributed by atoms with Gasteiger partial charge in [-0.1, -0.05) is 0 Å². The van der Waals surface area contributed by atoms with Crippen LogP contribution in [0.25, 0.3) is 0 Å². The lowest BCUT2D eigenvalue weighted by molar-refractivity contribution is -0.122. The van der Waals surface area contributed by atoms with E-state index >= 15 is 0 Å². The third-order valence-corrected chi connectivity index (χ3v) is 4.69. The zero-order valence-corrected chi connectivity index (χ0v) is 13.2. The fourth-order valence-corrected chi connectivity index (χ4v) is 3.47. The number of hydrogen-bond acceptors (Lipinski definition) is 6. The van der Waals surface area contributed by atoms with Gasteiger partial charge in [-0.15, -0.1) is 0 Å². The van der Waals surface area contributed by atoms with Crippen LogP contribution in [0.3, 0.4) is 0 Å². The van der Waals surface area contributed by atoms with Gasteiger partial charge < -0.3 is 15.0 Å². The molecular formula is C15H23N5O2. The van der Waals surface area contributed by atoms with Crippen LogP contribution in [0.5, 0.6) is 5.88 Å². The number of nitrogens with one attached hydrogen (secondary N) is 1. The summed E-state index contributed by atoms with van der Waals surface area (Å²) in [5.74, 6) is 2.90. The summed E-state index contributed by atoms with van der Waals surface area (Å²) >= 11 is 0. The first-order valence-electron chi connectivity index (χ1n) is 7.73. The predicted molar refractivity (Wildman–Crippen MR) is 82.9 cm³/mol. The molecule has 7 heteroatoms. The van der Waals surface area contributed by atoms with Gasteiger partial charge in [0.1, 0.15) is 12.1 Å². The summed E-state index contributed by atoms with van der Waals surface area (Å²) in [4.78, 5) is 24.5. The molecule has 2 saturated heterocycles. The number of nitrogens with zero attached hydrogens (tertiary/aromatic N) is 4. The average Bonchev–Trinajstić information content (AvgIpc) is 2.98. The van der Waals surface area contributed by atoms with Crippen molar-refractivity contribution in [3.8, 4) is 5.88 Å². The van der Waals surface area contributed by atoms with Gasteiger partial charge in [-0.05, 0) is 24.8 Å². The highest BCUT2D eigenvalue weighted by molar-refractivity contribution is 5.77. The molecule has 3 rings (SSSR count). The summed E-state index contributed by atoms with van der Waals surface area (Å²) in [5.41, 5.74) is 0. The second-order valence-corrected chi connectivity index (χ2v) is 6.04. The minimum Gasteiger partial charge on any atom is -0.481 e. The Balaban J connectivity index is 1.63. The maximum Gasteiger partial charge on any atom is 0.233 e. The lowest BCUT2D eigenvalue weighted by Gasteiger charge is -2.33. The Morgan fingerprint density at radius 2 is 2.18 bits per heavy atom. The number of anilines is 1. The van der Waals surface area contributed by atoms with Crippen molar-refractivity contribution < 1.29 is 9.53 Å². The largest absolute Gasteiger partial charge is 0.481 e. The quantitative estimate of drug-likeness (QED) is 0.844. The molecule has 7 nitrogen and oxygen atoms in total. The Kier molecular flexibility index (Phi) is 4.42. The lowest BCUT2D eigenvalue weighted by Crippen LogP contribution is -2.44. The number of carbonyl (C=O) groups is 1. The zero-order chi connectivity index (χ0) is 15.5. The van der Waals surface area contributed by atoms with Crippen LogP contribution in [0.4, 0.5) is 5.82 Å². The van der Waals surface area contributed by atoms with Crippen LogP contribution < -0.4 is 15.0 Å². The fourth-order valence-electron chi connectivity index (χ4n) is 3.47. The second-order valence-electron chi connectivity index (χ2n) is 6.04. The Morgan fingerprint density at radius 1 is 1.36 bits per heavy atom. The Labute approximate surface area is 130 Å². The van der Waals surface area contributed by atoms with Crippen molar-refractivity contribution >= 4 is 11.7 Å². The molecule has 2 fully saturated rings. The van der Waals surface area contributed by atoms with E-state index in [1.54, 1.807) is 20.5 Å². The molecule has 0 bridgehead atoms. The Hall–Kier alpha value is -1.89. The number of ether oxygens (including phenoxy) is 1. The molecule has 1 amide bonds. The number of likely N-dealkylation sites (tertiary alicyclic amines) is 1. The molecule has 0 unspecified atom stereocenters. The normalized spacial score (nSPS) is 24.9. The summed E-state index contributed by atoms with van der Waals surface area (Å²) in [6.07, 6.45) is 2.69. The van der Waals surface area contributed by atoms with Crippen LogP contribution >= 0.6 is 0 Å². The molecule has 0 spiro atoms. The van der Waals surface area contributed by atoms with Gasteiger partial charge in [0, 0.05) is 32.7 Å². The molecule has 2 atom stereocenters. The van der Waals surface area contributed by atoms with E-state index in [-0.39, 0.29) is 5.91 Å². The summed E-state index contributed by atoms with van der Waals surface area (Å²) in [6.45, 7) is 4.49. The molecule has 0 aliphatic carbocycles. The van der Waals surface area contributed by atoms with Crippen molar-refractivity contribution in [1.29, 1.82) is 0 Å². The molecule has 0 saturated carbocycles. The SMILES string of the molecule is CNC(=O)CN1CC[C@H]2CN(c3cc(OC)ncn3)C[C@H]2C1. The summed E-state index contributed by atoms with van der Waals surface area (Å²) in [6, 6.07) is 1.89. The molecule has 1 aromatic rings. The first-order chi connectivity index (χ1) is 10.7. The number of likely N-dealkylation sites (N-methyl/N-ethyl adjacent to an activating group) is 1. The highest BCUT2D eigenvalue weighted by atomic mass is 16.5. The van der Waals surface area contributed by atoms with E-state index in [0.29, 0.717) is 24.3 Å². The first kappa shape index (κ1) is 15.0. The van der Waals surface area contributed by atoms with Gasteiger partial charge in [0.2, 0.25) is 11.8 Å². The highest BCUT2D eigenvalue weighted by Gasteiger charge is 2.37. The number of aromatic nitrogens is 2. The van der Waals surface area contributed by atoms with Crippen molar-refractivity contribution in [1.82, 2.24) is 20.2 Å². The third-order valence-electron chi connectivity index (χ3n) is 4.69. The predicted octanol–water partition coefficient (Wildman–Crippen LogP) is -0.0107. The molecule has 0 radical (unpaired) electrons. The third kappa shape index (κ3) is 3.14. The number of methoxy groups -OCH3 is 1. The maximum atomic E-state index is 11.5. The molecule has 1 N–H and O–H groups in total. The zero-order valence-electron chi connectivity index (χ0n) is 13.2. The highest BCUT2D eigenvalue weighted by Crippen LogP contribution is 2.33. The minimum atomic E-state index is 0.0915. The van der Waals surface area contributed by atoms with Crippen molar-refractivity contribution in [3.05, 3.63) is 12.4 Å². The maximum absolute atomic E-state index is 11.5. The van der Waals surface area contributed by atoms with Crippen LogP contribution in [0.1, 0.15) is 6.42 Å². The molecule has 22 heavy (non-hydrogen) atoms. The van der Waals surface area contributed by atoms with Gasteiger partial charge in [-0.3, -0.25) is 9.69 Å². The standard InChI is InChI=1S/C15H23N5O2/c1-16-14(21)9-19-4-3-11-7-20(8-12(11)6-19)13-5-15(22-2)18-10-17-13/h5,10-12H,3-4,6-9H2,1-2H3,(H,16,21)/t11-,12+/m0/s1. The summed E-state index contributed by atoms with van der Waals surface area (Å²) < 4.78 is 5.18. The first-order valence-corrected chi connectivity index (χ1v) is 7.73. The van der Waals surface area contributed by atoms with E-state index in [4.69, 9.17) is 4.74 Å². The van der Waals surface area contributed by atoms with E-state index in [1.165, 1.54) is 0 Å². The van der Waals surface area contributed by atoms with Crippen LogP contribution in [-0.2, 0) is 4.79 Å². The van der Waals surface area contributed by atoms with Crippen molar-refractivity contribution in [3.63, 3.8) is 0 Å². The van der Waals surface area contributed by atoms with Crippen LogP contribution in [0.2, 0.25) is 0 Å². The van der Waals surface area contributed by atoms with Crippen molar-refractivity contribution in [2.24, 2.45) is 11.8 Å². The minimum absolute atomic E-state index is 0.0915. The summed E-state index contributed by atoms with van der Waals surface area (Å²) in [5, 5.41) is 2.70. The van der Waals surface area contributed by atoms with E-state index in [2.05, 4.69) is 25.1 Å². The molecule has 3 heterocycles. The Morgan fingerprint density at radius 3 is 2.95 bits per heavy atom. The molecule has 1 aromatic heterocycles. The van der Waals surface area contributed by atoms with Gasteiger partial charge in [0.05, 0.1) is 13.7 Å². The molecule has 0 aromatic carbocycles. The van der Waals surface area contributed by atoms with Gasteiger partial charge in [0.25, 0.3) is 0 Å². The molecular weight excluding hydrogens is 282 g/mol. The van der Waals surface area contributed by atoms with Crippen molar-refractivity contribution in [2.75, 3.05) is 51.8 Å². The van der Waals surface area contributed by atoms with E-state index < -0.39 is 0 Å². The van der Waals surface area contributed by atoms with Crippen LogP contribution in [0.15, 0.2) is 12.4 Å². The number of fused-ring (bicyclic) bond motifs is 1. The summed E-state index contributed by atoms with van der Waals surface area (Å²) in [7, 11) is 3.31. The second kappa shape index (κ2) is 6.48. The number of piperidine rings is 1. The van der Waals surface area contributed by atoms with Gasteiger partial charge >= 0.3 is 0 Å². The van der Waals surface area contributed by atoms with Gasteiger partial charge in [-0.25, -0.2) is 9.97 Å². The Bertz CT molecular complexity index is 538. The molecule has 2 aliphatic rings.